The van der Waals surface area contributed by atoms with Crippen molar-refractivity contribution in [1.82, 2.24) is 9.88 Å². The monoisotopic (exact) mass is 446 g/mol. The van der Waals surface area contributed by atoms with E-state index in [1.165, 1.54) is 6.20 Å². The number of rotatable bonds is 7. The molecule has 6 nitrogen and oxygen atoms in total. The van der Waals surface area contributed by atoms with E-state index in [0.717, 1.165) is 31.7 Å². The third-order valence-electron chi connectivity index (χ3n) is 5.51. The minimum atomic E-state index is -1.27. The fourth-order valence-electron chi connectivity index (χ4n) is 3.86. The molecule has 2 heterocycles. The van der Waals surface area contributed by atoms with Crippen LogP contribution in [0.15, 0.2) is 30.5 Å². The fourth-order valence-corrected chi connectivity index (χ4v) is 3.86. The van der Waals surface area contributed by atoms with Crippen LogP contribution in [0.2, 0.25) is 0 Å². The number of nitriles is 1. The highest BCUT2D eigenvalue weighted by Crippen LogP contribution is 2.22. The summed E-state index contributed by atoms with van der Waals surface area (Å²) in [5.41, 5.74) is 6.29. The first-order valence-electron chi connectivity index (χ1n) is 10.6. The van der Waals surface area contributed by atoms with Crippen molar-refractivity contribution in [3.8, 4) is 11.9 Å². The lowest BCUT2D eigenvalue weighted by Crippen LogP contribution is -2.45. The Balaban J connectivity index is 1.64. The van der Waals surface area contributed by atoms with Gasteiger partial charge in [0.25, 0.3) is 0 Å². The maximum absolute atomic E-state index is 13.9. The topological polar surface area (TPSA) is 92.2 Å². The summed E-state index contributed by atoms with van der Waals surface area (Å²) in [7, 11) is 0. The Hall–Kier alpha value is -3.12. The third-order valence-corrected chi connectivity index (χ3v) is 5.51. The second-order valence-corrected chi connectivity index (χ2v) is 7.90. The number of hydrogen-bond acceptors (Lipinski definition) is 5. The Morgan fingerprint density at radius 3 is 2.81 bits per heavy atom. The van der Waals surface area contributed by atoms with E-state index >= 15 is 0 Å². The van der Waals surface area contributed by atoms with Gasteiger partial charge in [-0.15, -0.1) is 0 Å². The molecule has 2 N–H and O–H groups in total. The maximum Gasteiger partial charge on any atom is 0.231 e. The lowest BCUT2D eigenvalue weighted by molar-refractivity contribution is -0.134. The predicted octanol–water partition coefficient (Wildman–Crippen LogP) is 3.48. The standard InChI is InChI=1S/C23H25F3N4O2/c24-19-12-21(26)20(25)10-16(19)9-17(28)11-22(31)30-8-3-1-2-6-18(30)14-32-23-15(13-27)5-4-7-29-23/h4-5,7,10,12,17-18H,1-3,6,8-9,11,14,28H2/t17?,18-/m0/s1. The number of amides is 1. The number of benzene rings is 1. The van der Waals surface area contributed by atoms with Gasteiger partial charge in [-0.25, -0.2) is 18.2 Å². The summed E-state index contributed by atoms with van der Waals surface area (Å²) >= 11 is 0. The largest absolute Gasteiger partial charge is 0.475 e. The lowest BCUT2D eigenvalue weighted by Gasteiger charge is -2.31. The Bertz CT molecular complexity index is 996. The van der Waals surface area contributed by atoms with Gasteiger partial charge in [-0.3, -0.25) is 4.79 Å². The number of hydrogen-bond donors (Lipinski definition) is 1. The summed E-state index contributed by atoms with van der Waals surface area (Å²) in [6.07, 6.45) is 4.83. The third kappa shape index (κ3) is 5.98. The number of pyridine rings is 1. The van der Waals surface area contributed by atoms with E-state index in [4.69, 9.17) is 10.5 Å². The molecule has 170 valence electrons. The number of aromatic nitrogens is 1. The van der Waals surface area contributed by atoms with Gasteiger partial charge in [0.05, 0.1) is 6.04 Å². The fraction of sp³-hybridized carbons (Fsp3) is 0.435. The molecule has 0 bridgehead atoms. The summed E-state index contributed by atoms with van der Waals surface area (Å²) in [6.45, 7) is 0.719. The zero-order chi connectivity index (χ0) is 23.1. The molecule has 1 saturated heterocycles. The first kappa shape index (κ1) is 23.5. The van der Waals surface area contributed by atoms with Gasteiger partial charge in [-0.2, -0.15) is 5.26 Å². The number of likely N-dealkylation sites (tertiary alicyclic amines) is 1. The average molecular weight is 446 g/mol. The molecular formula is C23H25F3N4O2. The molecule has 2 atom stereocenters. The zero-order valence-corrected chi connectivity index (χ0v) is 17.6. The van der Waals surface area contributed by atoms with Crippen LogP contribution in [0.3, 0.4) is 0 Å². The van der Waals surface area contributed by atoms with Crippen LogP contribution in [0.4, 0.5) is 13.2 Å². The first-order chi connectivity index (χ1) is 15.4. The summed E-state index contributed by atoms with van der Waals surface area (Å²) < 4.78 is 46.3. The summed E-state index contributed by atoms with van der Waals surface area (Å²) in [5.74, 6) is -3.31. The van der Waals surface area contributed by atoms with E-state index in [1.807, 2.05) is 6.07 Å². The first-order valence-corrected chi connectivity index (χ1v) is 10.6. The molecule has 1 aromatic heterocycles. The number of nitrogens with two attached hydrogens (primary N) is 1. The Morgan fingerprint density at radius 2 is 2.03 bits per heavy atom. The molecule has 1 amide bonds. The number of ether oxygens (including phenoxy) is 1. The van der Waals surface area contributed by atoms with Gasteiger partial charge in [0, 0.05) is 31.3 Å². The molecule has 32 heavy (non-hydrogen) atoms. The van der Waals surface area contributed by atoms with Gasteiger partial charge in [0.1, 0.15) is 24.1 Å². The molecule has 0 saturated carbocycles. The van der Waals surface area contributed by atoms with Crippen LogP contribution >= 0.6 is 0 Å². The number of carbonyl (C=O) groups excluding carboxylic acids is 1. The van der Waals surface area contributed by atoms with E-state index in [0.29, 0.717) is 18.2 Å². The van der Waals surface area contributed by atoms with E-state index in [-0.39, 0.29) is 42.8 Å². The molecule has 1 aliphatic heterocycles. The summed E-state index contributed by atoms with van der Waals surface area (Å²) in [4.78, 5) is 18.8. The van der Waals surface area contributed by atoms with E-state index in [2.05, 4.69) is 4.98 Å². The van der Waals surface area contributed by atoms with Crippen LogP contribution in [0.1, 0.15) is 43.2 Å². The van der Waals surface area contributed by atoms with Crippen LogP contribution in [0.25, 0.3) is 0 Å². The minimum Gasteiger partial charge on any atom is -0.475 e. The smallest absolute Gasteiger partial charge is 0.231 e. The molecule has 1 aromatic carbocycles. The van der Waals surface area contributed by atoms with Crippen LogP contribution in [0.5, 0.6) is 5.88 Å². The van der Waals surface area contributed by atoms with Crippen molar-refractivity contribution in [2.75, 3.05) is 13.2 Å². The molecular weight excluding hydrogens is 421 g/mol. The van der Waals surface area contributed by atoms with E-state index in [1.54, 1.807) is 17.0 Å². The van der Waals surface area contributed by atoms with Crippen LogP contribution in [0, 0.1) is 28.8 Å². The van der Waals surface area contributed by atoms with Gasteiger partial charge in [0.15, 0.2) is 11.6 Å². The Labute approximate surface area is 184 Å². The molecule has 0 spiro atoms. The highest BCUT2D eigenvalue weighted by atomic mass is 19.2. The van der Waals surface area contributed by atoms with Crippen molar-refractivity contribution < 1.29 is 22.7 Å². The van der Waals surface area contributed by atoms with Gasteiger partial charge < -0.3 is 15.4 Å². The highest BCUT2D eigenvalue weighted by Gasteiger charge is 2.28. The average Bonchev–Trinajstić information content (AvgIpc) is 3.01. The molecule has 0 radical (unpaired) electrons. The Morgan fingerprint density at radius 1 is 1.25 bits per heavy atom. The van der Waals surface area contributed by atoms with Crippen molar-refractivity contribution in [2.24, 2.45) is 5.73 Å². The van der Waals surface area contributed by atoms with Gasteiger partial charge in [-0.1, -0.05) is 12.8 Å². The quantitative estimate of drug-likeness (QED) is 0.658. The summed E-state index contributed by atoms with van der Waals surface area (Å²) in [6, 6.07) is 5.56. The molecule has 9 heteroatoms. The zero-order valence-electron chi connectivity index (χ0n) is 17.6. The molecule has 1 unspecified atom stereocenters. The second kappa shape index (κ2) is 11.0. The van der Waals surface area contributed by atoms with E-state index < -0.39 is 23.5 Å². The minimum absolute atomic E-state index is 0.0675. The lowest BCUT2D eigenvalue weighted by atomic mass is 10.0. The van der Waals surface area contributed by atoms with Crippen LogP contribution in [-0.4, -0.2) is 41.0 Å². The van der Waals surface area contributed by atoms with Crippen LogP contribution < -0.4 is 10.5 Å². The van der Waals surface area contributed by atoms with Gasteiger partial charge >= 0.3 is 0 Å². The number of nitrogens with zero attached hydrogens (tertiary/aromatic N) is 3. The predicted molar refractivity (Wildman–Crippen MR) is 111 cm³/mol. The normalized spacial score (nSPS) is 17.3. The summed E-state index contributed by atoms with van der Waals surface area (Å²) in [5, 5.41) is 9.19. The molecule has 0 aliphatic carbocycles. The van der Waals surface area contributed by atoms with Crippen molar-refractivity contribution in [3.63, 3.8) is 0 Å². The molecule has 1 aliphatic rings. The second-order valence-electron chi connectivity index (χ2n) is 7.90. The van der Waals surface area contributed by atoms with Crippen molar-refractivity contribution in [3.05, 3.63) is 59.0 Å². The van der Waals surface area contributed by atoms with Gasteiger partial charge in [0.2, 0.25) is 11.8 Å². The van der Waals surface area contributed by atoms with Crippen molar-refractivity contribution in [1.29, 1.82) is 5.26 Å². The number of carbonyl (C=O) groups is 1. The SMILES string of the molecule is N#Cc1cccnc1OC[C@@H]1CCCCCN1C(=O)CC(N)Cc1cc(F)c(F)cc1F. The number of halogens is 3. The van der Waals surface area contributed by atoms with Crippen molar-refractivity contribution in [2.45, 2.75) is 50.6 Å². The maximum atomic E-state index is 13.9. The molecule has 3 rings (SSSR count). The van der Waals surface area contributed by atoms with Crippen LogP contribution in [-0.2, 0) is 11.2 Å². The molecule has 1 fully saturated rings. The van der Waals surface area contributed by atoms with Gasteiger partial charge in [-0.05, 0) is 43.0 Å². The van der Waals surface area contributed by atoms with E-state index in [9.17, 15) is 23.2 Å². The van der Waals surface area contributed by atoms with Crippen molar-refractivity contribution >= 4 is 5.91 Å². The highest BCUT2D eigenvalue weighted by molar-refractivity contribution is 5.77. The molecule has 2 aromatic rings. The Kier molecular flexibility index (Phi) is 8.06.